The van der Waals surface area contributed by atoms with Gasteiger partial charge in [-0.15, -0.1) is 0 Å². The fourth-order valence-corrected chi connectivity index (χ4v) is 5.37. The van der Waals surface area contributed by atoms with E-state index in [2.05, 4.69) is 0 Å². The van der Waals surface area contributed by atoms with Crippen molar-refractivity contribution in [3.05, 3.63) is 144 Å². The highest BCUT2D eigenvalue weighted by Crippen LogP contribution is 2.33. The molecule has 232 valence electrons. The SMILES string of the molecule is COC(O)CC1OC(COCc2ccccc2)C(OCc2ccccc2)C(OCc2ccccc2)C1OCc1ccccc1. The molecule has 1 fully saturated rings. The molecule has 7 heteroatoms. The molecule has 0 bridgehead atoms. The second-order valence-electron chi connectivity index (χ2n) is 10.9. The van der Waals surface area contributed by atoms with Crippen LogP contribution in [0.5, 0.6) is 0 Å². The fourth-order valence-electron chi connectivity index (χ4n) is 5.37. The van der Waals surface area contributed by atoms with Gasteiger partial charge in [-0.25, -0.2) is 0 Å². The maximum absolute atomic E-state index is 10.6. The minimum absolute atomic E-state index is 0.196. The Morgan fingerprint density at radius 2 is 0.932 bits per heavy atom. The molecule has 0 spiro atoms. The van der Waals surface area contributed by atoms with Gasteiger partial charge in [0.25, 0.3) is 0 Å². The van der Waals surface area contributed by atoms with Crippen molar-refractivity contribution >= 4 is 0 Å². The Morgan fingerprint density at radius 1 is 0.545 bits per heavy atom. The largest absolute Gasteiger partial charge is 0.374 e. The molecule has 0 radical (unpaired) electrons. The molecule has 1 saturated heterocycles. The first-order chi connectivity index (χ1) is 21.7. The molecule has 1 N–H and O–H groups in total. The van der Waals surface area contributed by atoms with Gasteiger partial charge >= 0.3 is 0 Å². The van der Waals surface area contributed by atoms with Crippen LogP contribution in [0.4, 0.5) is 0 Å². The van der Waals surface area contributed by atoms with Crippen molar-refractivity contribution in [1.29, 1.82) is 0 Å². The van der Waals surface area contributed by atoms with Gasteiger partial charge < -0.3 is 33.5 Å². The minimum Gasteiger partial charge on any atom is -0.374 e. The molecule has 44 heavy (non-hydrogen) atoms. The Hall–Kier alpha value is -3.40. The smallest absolute Gasteiger partial charge is 0.156 e. The molecule has 0 aromatic heterocycles. The molecule has 6 atom stereocenters. The third-order valence-electron chi connectivity index (χ3n) is 7.69. The van der Waals surface area contributed by atoms with Gasteiger partial charge in [0.2, 0.25) is 0 Å². The summed E-state index contributed by atoms with van der Waals surface area (Å²) in [7, 11) is 1.48. The summed E-state index contributed by atoms with van der Waals surface area (Å²) >= 11 is 0. The van der Waals surface area contributed by atoms with Crippen LogP contribution < -0.4 is 0 Å². The predicted octanol–water partition coefficient (Wildman–Crippen LogP) is 6.08. The molecule has 0 saturated carbocycles. The van der Waals surface area contributed by atoms with E-state index in [4.69, 9.17) is 28.4 Å². The van der Waals surface area contributed by atoms with Crippen LogP contribution in [0, 0.1) is 0 Å². The van der Waals surface area contributed by atoms with E-state index < -0.39 is 36.8 Å². The van der Waals surface area contributed by atoms with E-state index in [9.17, 15) is 5.11 Å². The molecule has 7 nitrogen and oxygen atoms in total. The Morgan fingerprint density at radius 3 is 1.36 bits per heavy atom. The molecule has 4 aromatic rings. The average Bonchev–Trinajstić information content (AvgIpc) is 3.08. The van der Waals surface area contributed by atoms with Crippen molar-refractivity contribution < 1.29 is 33.5 Å². The van der Waals surface area contributed by atoms with Crippen molar-refractivity contribution in [2.24, 2.45) is 0 Å². The highest BCUT2D eigenvalue weighted by atomic mass is 16.6. The van der Waals surface area contributed by atoms with Gasteiger partial charge in [0.1, 0.15) is 24.4 Å². The monoisotopic (exact) mass is 598 g/mol. The third kappa shape index (κ3) is 9.55. The molecule has 1 aliphatic heterocycles. The van der Waals surface area contributed by atoms with Crippen LogP contribution >= 0.6 is 0 Å². The first-order valence-corrected chi connectivity index (χ1v) is 15.1. The molecule has 1 aliphatic rings. The number of hydrogen-bond donors (Lipinski definition) is 1. The van der Waals surface area contributed by atoms with Gasteiger partial charge in [0, 0.05) is 13.5 Å². The topological polar surface area (TPSA) is 75.6 Å². The van der Waals surface area contributed by atoms with Crippen molar-refractivity contribution in [3.8, 4) is 0 Å². The Bertz CT molecular complexity index is 1320. The minimum atomic E-state index is -1.04. The fraction of sp³-hybridized carbons (Fsp3) is 0.351. The lowest BCUT2D eigenvalue weighted by atomic mass is 9.92. The number of benzene rings is 4. The summed E-state index contributed by atoms with van der Waals surface area (Å²) in [5.74, 6) is 0. The Balaban J connectivity index is 1.43. The van der Waals surface area contributed by atoms with E-state index in [0.717, 1.165) is 22.3 Å². The summed E-state index contributed by atoms with van der Waals surface area (Å²) in [6.45, 7) is 1.77. The molecule has 0 aliphatic carbocycles. The molecule has 1 heterocycles. The molecule has 4 aromatic carbocycles. The first kappa shape index (κ1) is 32.0. The summed E-state index contributed by atoms with van der Waals surface area (Å²) in [5.41, 5.74) is 4.16. The number of aliphatic hydroxyl groups excluding tert-OH is 1. The zero-order chi connectivity index (χ0) is 30.4. The van der Waals surface area contributed by atoms with Crippen LogP contribution in [-0.4, -0.2) is 55.6 Å². The number of rotatable bonds is 16. The quantitative estimate of drug-likeness (QED) is 0.157. The van der Waals surface area contributed by atoms with Crippen molar-refractivity contribution in [2.75, 3.05) is 13.7 Å². The average molecular weight is 599 g/mol. The van der Waals surface area contributed by atoms with E-state index in [1.165, 1.54) is 7.11 Å². The summed E-state index contributed by atoms with van der Waals surface area (Å²) in [6, 6.07) is 40.1. The van der Waals surface area contributed by atoms with E-state index in [-0.39, 0.29) is 13.0 Å². The second kappa shape index (κ2) is 17.2. The van der Waals surface area contributed by atoms with Gasteiger partial charge in [-0.2, -0.15) is 0 Å². The van der Waals surface area contributed by atoms with Gasteiger partial charge in [-0.05, 0) is 22.3 Å². The summed E-state index contributed by atoms with van der Waals surface area (Å²) in [4.78, 5) is 0. The maximum Gasteiger partial charge on any atom is 0.156 e. The number of ether oxygens (including phenoxy) is 6. The lowest BCUT2D eigenvalue weighted by Gasteiger charge is -2.46. The van der Waals surface area contributed by atoms with E-state index in [0.29, 0.717) is 26.4 Å². The normalized spacial score (nSPS) is 22.5. The highest BCUT2D eigenvalue weighted by Gasteiger charge is 2.48. The number of aliphatic hydroxyl groups is 1. The van der Waals surface area contributed by atoms with Crippen molar-refractivity contribution in [3.63, 3.8) is 0 Å². The molecular formula is C37H42O7. The first-order valence-electron chi connectivity index (χ1n) is 15.1. The standard InChI is InChI=1S/C37H42O7/c1-39-34(38)22-32-35(41-24-29-16-8-3-9-17-29)37(43-26-31-20-12-5-13-21-31)36(42-25-30-18-10-4-11-19-30)33(44-32)27-40-23-28-14-6-2-7-15-28/h2-21,32-38H,22-27H2,1H3. The zero-order valence-corrected chi connectivity index (χ0v) is 25.2. The number of methoxy groups -OCH3 is 1. The van der Waals surface area contributed by atoms with E-state index in [1.807, 2.05) is 121 Å². The van der Waals surface area contributed by atoms with Crippen LogP contribution in [0.3, 0.4) is 0 Å². The van der Waals surface area contributed by atoms with Crippen LogP contribution in [0.1, 0.15) is 28.7 Å². The Kier molecular flexibility index (Phi) is 12.5. The van der Waals surface area contributed by atoms with Crippen LogP contribution in [-0.2, 0) is 54.8 Å². The predicted molar refractivity (Wildman–Crippen MR) is 167 cm³/mol. The van der Waals surface area contributed by atoms with Gasteiger partial charge in [-0.3, -0.25) is 0 Å². The lowest BCUT2D eigenvalue weighted by molar-refractivity contribution is -0.281. The Labute approximate surface area is 260 Å². The van der Waals surface area contributed by atoms with Gasteiger partial charge in [0.05, 0.1) is 39.1 Å². The lowest BCUT2D eigenvalue weighted by Crippen LogP contribution is -2.61. The molecule has 5 rings (SSSR count). The second-order valence-corrected chi connectivity index (χ2v) is 10.9. The van der Waals surface area contributed by atoms with Gasteiger partial charge in [0.15, 0.2) is 6.29 Å². The highest BCUT2D eigenvalue weighted by molar-refractivity contribution is 5.16. The zero-order valence-electron chi connectivity index (χ0n) is 25.2. The van der Waals surface area contributed by atoms with E-state index in [1.54, 1.807) is 0 Å². The van der Waals surface area contributed by atoms with Crippen molar-refractivity contribution in [1.82, 2.24) is 0 Å². The molecule has 0 amide bonds. The molecular weight excluding hydrogens is 556 g/mol. The van der Waals surface area contributed by atoms with Crippen molar-refractivity contribution in [2.45, 2.75) is 69.7 Å². The van der Waals surface area contributed by atoms with Gasteiger partial charge in [-0.1, -0.05) is 121 Å². The molecule has 6 unspecified atom stereocenters. The summed E-state index contributed by atoms with van der Waals surface area (Å²) < 4.78 is 38.1. The van der Waals surface area contributed by atoms with E-state index >= 15 is 0 Å². The summed E-state index contributed by atoms with van der Waals surface area (Å²) in [6.07, 6.45) is -3.49. The van der Waals surface area contributed by atoms with Crippen LogP contribution in [0.2, 0.25) is 0 Å². The van der Waals surface area contributed by atoms with Crippen LogP contribution in [0.15, 0.2) is 121 Å². The maximum atomic E-state index is 10.6. The third-order valence-corrected chi connectivity index (χ3v) is 7.69. The van der Waals surface area contributed by atoms with Crippen LogP contribution in [0.25, 0.3) is 0 Å². The summed E-state index contributed by atoms with van der Waals surface area (Å²) in [5, 5.41) is 10.6. The number of hydrogen-bond acceptors (Lipinski definition) is 7.